The number of carbonyl (C=O) groups excluding carboxylic acids is 1. The number of aromatic nitrogens is 2. The fourth-order valence-electron chi connectivity index (χ4n) is 4.47. The average Bonchev–Trinajstić information content (AvgIpc) is 3.15. The van der Waals surface area contributed by atoms with E-state index in [0.717, 1.165) is 23.2 Å². The molecule has 0 unspecified atom stereocenters. The molecule has 7 heteroatoms. The van der Waals surface area contributed by atoms with E-state index in [-0.39, 0.29) is 23.3 Å². The lowest BCUT2D eigenvalue weighted by molar-refractivity contribution is 0.0590. The highest BCUT2D eigenvalue weighted by Gasteiger charge is 2.37. The van der Waals surface area contributed by atoms with E-state index in [9.17, 15) is 9.59 Å². The van der Waals surface area contributed by atoms with Crippen LogP contribution in [0.5, 0.6) is 0 Å². The van der Waals surface area contributed by atoms with Crippen LogP contribution in [0.4, 0.5) is 5.13 Å². The molecule has 0 spiro atoms. The van der Waals surface area contributed by atoms with Crippen molar-refractivity contribution in [2.45, 2.75) is 18.9 Å². The van der Waals surface area contributed by atoms with Gasteiger partial charge >= 0.3 is 0 Å². The maximum atomic E-state index is 12.9. The number of nitrogen functional groups attached to an aromatic ring is 1. The molecule has 2 atom stereocenters. The van der Waals surface area contributed by atoms with Gasteiger partial charge in [-0.25, -0.2) is 4.98 Å². The highest BCUT2D eigenvalue weighted by molar-refractivity contribution is 7.13. The number of hydrogen-bond donors (Lipinski definition) is 1. The van der Waals surface area contributed by atoms with E-state index in [4.69, 9.17) is 5.73 Å². The fraction of sp³-hybridized carbons (Fsp3) is 0.286. The van der Waals surface area contributed by atoms with E-state index < -0.39 is 0 Å². The van der Waals surface area contributed by atoms with Crippen molar-refractivity contribution in [1.82, 2.24) is 14.5 Å². The molecule has 2 aromatic heterocycles. The van der Waals surface area contributed by atoms with Crippen molar-refractivity contribution in [3.8, 4) is 11.1 Å². The number of rotatable bonds is 2. The van der Waals surface area contributed by atoms with Crippen molar-refractivity contribution in [3.05, 3.63) is 69.6 Å². The topological polar surface area (TPSA) is 81.2 Å². The molecule has 1 aromatic carbocycles. The first-order chi connectivity index (χ1) is 13.6. The summed E-state index contributed by atoms with van der Waals surface area (Å²) in [5, 5.41) is 2.12. The predicted octanol–water partition coefficient (Wildman–Crippen LogP) is 2.81. The fourth-order valence-corrected chi connectivity index (χ4v) is 5.01. The number of nitrogens with zero attached hydrogens (tertiary/aromatic N) is 3. The highest BCUT2D eigenvalue weighted by atomic mass is 32.1. The van der Waals surface area contributed by atoms with E-state index in [1.54, 1.807) is 11.4 Å². The second kappa shape index (κ2) is 6.60. The van der Waals surface area contributed by atoms with Gasteiger partial charge in [0, 0.05) is 42.7 Å². The second-order valence-electron chi connectivity index (χ2n) is 7.56. The molecule has 0 radical (unpaired) electrons. The molecule has 2 bridgehead atoms. The normalized spacial score (nSPS) is 20.6. The van der Waals surface area contributed by atoms with Crippen LogP contribution in [-0.4, -0.2) is 33.4 Å². The van der Waals surface area contributed by atoms with Gasteiger partial charge in [-0.05, 0) is 29.5 Å². The Bertz CT molecular complexity index is 1110. The number of hydrogen-bond acceptors (Lipinski definition) is 5. The van der Waals surface area contributed by atoms with Gasteiger partial charge in [0.15, 0.2) is 5.13 Å². The van der Waals surface area contributed by atoms with E-state index in [1.807, 2.05) is 39.8 Å². The zero-order valence-electron chi connectivity index (χ0n) is 15.2. The van der Waals surface area contributed by atoms with Crippen LogP contribution in [0, 0.1) is 5.92 Å². The van der Waals surface area contributed by atoms with Gasteiger partial charge in [-0.2, -0.15) is 0 Å². The summed E-state index contributed by atoms with van der Waals surface area (Å²) >= 11 is 1.28. The number of amides is 1. The summed E-state index contributed by atoms with van der Waals surface area (Å²) in [7, 11) is 0. The van der Waals surface area contributed by atoms with Crippen LogP contribution in [0.3, 0.4) is 0 Å². The number of likely N-dealkylation sites (tertiary alicyclic amines) is 1. The number of benzene rings is 1. The van der Waals surface area contributed by atoms with Crippen LogP contribution < -0.4 is 11.3 Å². The van der Waals surface area contributed by atoms with E-state index >= 15 is 0 Å². The largest absolute Gasteiger partial charge is 0.375 e. The van der Waals surface area contributed by atoms with Crippen LogP contribution in [0.15, 0.2) is 52.6 Å². The number of anilines is 1. The first-order valence-corrected chi connectivity index (χ1v) is 10.3. The van der Waals surface area contributed by atoms with Gasteiger partial charge in [0.2, 0.25) is 0 Å². The lowest BCUT2D eigenvalue weighted by atomic mass is 9.82. The van der Waals surface area contributed by atoms with E-state index in [1.165, 1.54) is 11.3 Å². The van der Waals surface area contributed by atoms with Gasteiger partial charge in [0.25, 0.3) is 11.5 Å². The first kappa shape index (κ1) is 17.2. The standard InChI is InChI=1S/C21H20N4O2S/c22-21-23-17(12-28-21)20(27)24-9-13-6-16(11-24)18-7-15(8-19(26)25(18)10-13)14-4-2-1-3-5-14/h1-5,7-8,12-13,16H,6,9-11H2,(H2,22,23)/t13-,16+/m0/s1. The number of nitrogens with two attached hydrogens (primary N) is 1. The minimum Gasteiger partial charge on any atom is -0.375 e. The van der Waals surface area contributed by atoms with Gasteiger partial charge in [-0.3, -0.25) is 9.59 Å². The van der Waals surface area contributed by atoms with E-state index in [0.29, 0.717) is 30.5 Å². The van der Waals surface area contributed by atoms with Gasteiger partial charge in [0.1, 0.15) is 5.69 Å². The molecule has 2 aliphatic rings. The van der Waals surface area contributed by atoms with Crippen LogP contribution in [0.2, 0.25) is 0 Å². The third kappa shape index (κ3) is 2.92. The third-order valence-electron chi connectivity index (χ3n) is 5.69. The third-order valence-corrected chi connectivity index (χ3v) is 6.37. The lowest BCUT2D eigenvalue weighted by Gasteiger charge is -2.42. The van der Waals surface area contributed by atoms with Crippen LogP contribution in [0.25, 0.3) is 11.1 Å². The number of fused-ring (bicyclic) bond motifs is 4. The van der Waals surface area contributed by atoms with Crippen LogP contribution >= 0.6 is 11.3 Å². The molecule has 6 nitrogen and oxygen atoms in total. The summed E-state index contributed by atoms with van der Waals surface area (Å²) in [4.78, 5) is 31.7. The Kier molecular flexibility index (Phi) is 4.05. The average molecular weight is 392 g/mol. The Balaban J connectivity index is 1.49. The minimum atomic E-state index is -0.0716. The molecule has 1 saturated heterocycles. The summed E-state index contributed by atoms with van der Waals surface area (Å²) < 4.78 is 1.90. The number of piperidine rings is 1. The SMILES string of the molecule is Nc1nc(C(=O)N2C[C@@H]3C[C@H](C2)c2cc(-c4ccccc4)cc(=O)n2C3)cs1. The van der Waals surface area contributed by atoms with Crippen molar-refractivity contribution in [3.63, 3.8) is 0 Å². The van der Waals surface area contributed by atoms with Gasteiger partial charge < -0.3 is 15.2 Å². The summed E-state index contributed by atoms with van der Waals surface area (Å²) in [6.45, 7) is 1.91. The zero-order chi connectivity index (χ0) is 19.3. The molecule has 5 rings (SSSR count). The number of pyridine rings is 1. The summed E-state index contributed by atoms with van der Waals surface area (Å²) in [5.74, 6) is 0.368. The Hall–Kier alpha value is -2.93. The molecule has 3 aromatic rings. The van der Waals surface area contributed by atoms with Gasteiger partial charge in [0.05, 0.1) is 0 Å². The molecule has 1 fully saturated rings. The van der Waals surface area contributed by atoms with Crippen LogP contribution in [0.1, 0.15) is 28.5 Å². The molecule has 0 saturated carbocycles. The van der Waals surface area contributed by atoms with Crippen LogP contribution in [-0.2, 0) is 6.54 Å². The monoisotopic (exact) mass is 392 g/mol. The number of carbonyl (C=O) groups is 1. The number of thiazole rings is 1. The van der Waals surface area contributed by atoms with Crippen molar-refractivity contribution in [2.75, 3.05) is 18.8 Å². The molecule has 1 amide bonds. The maximum absolute atomic E-state index is 12.9. The van der Waals surface area contributed by atoms with Crippen molar-refractivity contribution in [1.29, 1.82) is 0 Å². The quantitative estimate of drug-likeness (QED) is 0.727. The molecular weight excluding hydrogens is 372 g/mol. The van der Waals surface area contributed by atoms with Crippen molar-refractivity contribution >= 4 is 22.4 Å². The second-order valence-corrected chi connectivity index (χ2v) is 8.45. The van der Waals surface area contributed by atoms with Gasteiger partial charge in [-0.15, -0.1) is 11.3 Å². The molecule has 2 N–H and O–H groups in total. The van der Waals surface area contributed by atoms with E-state index in [2.05, 4.69) is 11.1 Å². The smallest absolute Gasteiger partial charge is 0.273 e. The molecule has 4 heterocycles. The molecule has 0 aliphatic carbocycles. The Morgan fingerprint density at radius 1 is 1.11 bits per heavy atom. The summed E-state index contributed by atoms with van der Waals surface area (Å²) in [6, 6.07) is 13.8. The first-order valence-electron chi connectivity index (χ1n) is 9.39. The lowest BCUT2D eigenvalue weighted by Crippen LogP contribution is -2.49. The van der Waals surface area contributed by atoms with Crippen molar-refractivity contribution in [2.24, 2.45) is 5.92 Å². The highest BCUT2D eigenvalue weighted by Crippen LogP contribution is 2.37. The molecule has 2 aliphatic heterocycles. The van der Waals surface area contributed by atoms with Gasteiger partial charge in [-0.1, -0.05) is 30.3 Å². The Morgan fingerprint density at radius 3 is 2.68 bits per heavy atom. The molecule has 142 valence electrons. The maximum Gasteiger partial charge on any atom is 0.273 e. The summed E-state index contributed by atoms with van der Waals surface area (Å²) in [6.07, 6.45) is 1.00. The van der Waals surface area contributed by atoms with Crippen molar-refractivity contribution < 1.29 is 4.79 Å². The minimum absolute atomic E-state index is 0.0399. The molecular formula is C21H20N4O2S. The molecule has 28 heavy (non-hydrogen) atoms. The predicted molar refractivity (Wildman–Crippen MR) is 109 cm³/mol. The zero-order valence-corrected chi connectivity index (χ0v) is 16.1. The summed E-state index contributed by atoms with van der Waals surface area (Å²) in [5.41, 5.74) is 9.14. The Morgan fingerprint density at radius 2 is 1.93 bits per heavy atom. The Labute approximate surface area is 166 Å².